The lowest BCUT2D eigenvalue weighted by molar-refractivity contribution is 0.236. The van der Waals surface area contributed by atoms with E-state index in [1.807, 2.05) is 30.3 Å². The van der Waals surface area contributed by atoms with Crippen molar-refractivity contribution >= 4 is 0 Å². The van der Waals surface area contributed by atoms with Gasteiger partial charge in [-0.3, -0.25) is 0 Å². The lowest BCUT2D eigenvalue weighted by Gasteiger charge is -1.98. The minimum absolute atomic E-state index is 0.578. The third-order valence-corrected chi connectivity index (χ3v) is 1.27. The number of benzene rings is 1. The van der Waals surface area contributed by atoms with Crippen LogP contribution in [0.3, 0.4) is 0 Å². The Bertz CT molecular complexity index is 218. The van der Waals surface area contributed by atoms with Crippen LogP contribution >= 0.6 is 0 Å². The summed E-state index contributed by atoms with van der Waals surface area (Å²) in [5.74, 6) is 0. The van der Waals surface area contributed by atoms with E-state index >= 15 is 0 Å². The molecule has 0 saturated heterocycles. The molecule has 0 aliphatic heterocycles. The molecule has 11 heavy (non-hydrogen) atoms. The Balaban J connectivity index is 2.39. The van der Waals surface area contributed by atoms with Gasteiger partial charge >= 0.3 is 0 Å². The first-order valence-corrected chi connectivity index (χ1v) is 3.46. The smallest absolute Gasteiger partial charge is 0.112 e. The normalized spacial score (nSPS) is 10.2. The van der Waals surface area contributed by atoms with Gasteiger partial charge in [-0.05, 0) is 5.56 Å². The second kappa shape index (κ2) is 4.39. The van der Waals surface area contributed by atoms with E-state index in [9.17, 15) is 0 Å². The third-order valence-electron chi connectivity index (χ3n) is 1.27. The highest BCUT2D eigenvalue weighted by Crippen LogP contribution is 1.99. The van der Waals surface area contributed by atoms with Crippen LogP contribution < -0.4 is 5.73 Å². The minimum Gasteiger partial charge on any atom is -0.495 e. The average molecular weight is 149 g/mol. The molecule has 1 aromatic carbocycles. The van der Waals surface area contributed by atoms with Gasteiger partial charge in [0.15, 0.2) is 0 Å². The molecule has 2 nitrogen and oxygen atoms in total. The number of hydrogen-bond acceptors (Lipinski definition) is 2. The molecule has 2 heteroatoms. The first-order valence-electron chi connectivity index (χ1n) is 3.46. The van der Waals surface area contributed by atoms with E-state index in [2.05, 4.69) is 0 Å². The van der Waals surface area contributed by atoms with Crippen LogP contribution in [0.25, 0.3) is 0 Å². The predicted octanol–water partition coefficient (Wildman–Crippen LogP) is 1.63. The molecule has 2 N–H and O–H groups in total. The van der Waals surface area contributed by atoms with Crippen LogP contribution in [0.15, 0.2) is 42.8 Å². The molecule has 0 atom stereocenters. The first-order chi connectivity index (χ1) is 5.43. The van der Waals surface area contributed by atoms with Crippen molar-refractivity contribution in [2.24, 2.45) is 5.73 Å². The molecule has 0 heterocycles. The number of ether oxygens (including phenoxy) is 1. The number of rotatable bonds is 3. The summed E-state index contributed by atoms with van der Waals surface area (Å²) in [6, 6.07) is 9.94. The molecule has 0 aliphatic rings. The zero-order valence-electron chi connectivity index (χ0n) is 6.23. The van der Waals surface area contributed by atoms with Crippen molar-refractivity contribution in [1.82, 2.24) is 0 Å². The number of nitrogens with two attached hydrogens (primary N) is 1. The Hall–Kier alpha value is -1.44. The maximum Gasteiger partial charge on any atom is 0.112 e. The van der Waals surface area contributed by atoms with Crippen LogP contribution in [0, 0.1) is 0 Å². The molecule has 0 aliphatic carbocycles. The monoisotopic (exact) mass is 149 g/mol. The van der Waals surface area contributed by atoms with E-state index in [4.69, 9.17) is 10.5 Å². The van der Waals surface area contributed by atoms with Crippen molar-refractivity contribution < 1.29 is 4.74 Å². The zero-order chi connectivity index (χ0) is 7.94. The maximum atomic E-state index is 5.09. The Kier molecular flexibility index (Phi) is 3.06. The van der Waals surface area contributed by atoms with Crippen LogP contribution in [0.2, 0.25) is 0 Å². The minimum atomic E-state index is 0.578. The molecule has 0 spiro atoms. The van der Waals surface area contributed by atoms with Gasteiger partial charge in [0.25, 0.3) is 0 Å². The van der Waals surface area contributed by atoms with Crippen molar-refractivity contribution in [2.75, 3.05) is 0 Å². The summed E-state index contributed by atoms with van der Waals surface area (Å²) in [5.41, 5.74) is 6.23. The second-order valence-electron chi connectivity index (χ2n) is 2.13. The van der Waals surface area contributed by atoms with Gasteiger partial charge in [-0.1, -0.05) is 30.3 Å². The van der Waals surface area contributed by atoms with E-state index in [0.29, 0.717) is 6.61 Å². The van der Waals surface area contributed by atoms with E-state index in [1.54, 1.807) is 0 Å². The van der Waals surface area contributed by atoms with Gasteiger partial charge in [-0.2, -0.15) is 0 Å². The van der Waals surface area contributed by atoms with Crippen LogP contribution in [-0.2, 0) is 11.3 Å². The second-order valence-corrected chi connectivity index (χ2v) is 2.13. The molecule has 0 fully saturated rings. The van der Waals surface area contributed by atoms with E-state index in [0.717, 1.165) is 5.56 Å². The van der Waals surface area contributed by atoms with E-state index < -0.39 is 0 Å². The van der Waals surface area contributed by atoms with E-state index in [-0.39, 0.29) is 0 Å². The standard InChI is InChI=1S/C9H11NO/c10-6-7-11-8-9-4-2-1-3-5-9/h1-7H,8,10H2/b7-6+. The van der Waals surface area contributed by atoms with Gasteiger partial charge in [-0.25, -0.2) is 0 Å². The summed E-state index contributed by atoms with van der Waals surface area (Å²) in [5, 5.41) is 0. The van der Waals surface area contributed by atoms with E-state index in [1.165, 1.54) is 12.5 Å². The average Bonchev–Trinajstić information content (AvgIpc) is 2.07. The Morgan fingerprint density at radius 1 is 1.27 bits per heavy atom. The summed E-state index contributed by atoms with van der Waals surface area (Å²) >= 11 is 0. The molecule has 0 radical (unpaired) electrons. The van der Waals surface area contributed by atoms with Gasteiger partial charge < -0.3 is 10.5 Å². The molecular formula is C9H11NO. The molecule has 1 rings (SSSR count). The van der Waals surface area contributed by atoms with Crippen molar-refractivity contribution in [1.29, 1.82) is 0 Å². The highest BCUT2D eigenvalue weighted by molar-refractivity contribution is 5.13. The third kappa shape index (κ3) is 2.76. The SMILES string of the molecule is N/C=C/OCc1ccccc1. The summed E-state index contributed by atoms with van der Waals surface area (Å²) < 4.78 is 5.06. The molecule has 58 valence electrons. The van der Waals surface area contributed by atoms with Crippen LogP contribution in [0.5, 0.6) is 0 Å². The molecule has 0 unspecified atom stereocenters. The van der Waals surface area contributed by atoms with Gasteiger partial charge in [0.05, 0.1) is 6.26 Å². The quantitative estimate of drug-likeness (QED) is 0.663. The summed E-state index contributed by atoms with van der Waals surface area (Å²) in [6.45, 7) is 0.578. The molecule has 1 aromatic rings. The topological polar surface area (TPSA) is 35.2 Å². The van der Waals surface area contributed by atoms with Gasteiger partial charge in [0, 0.05) is 6.20 Å². The van der Waals surface area contributed by atoms with Crippen LogP contribution in [0.1, 0.15) is 5.56 Å². The van der Waals surface area contributed by atoms with Crippen molar-refractivity contribution in [2.45, 2.75) is 6.61 Å². The molecule has 0 bridgehead atoms. The van der Waals surface area contributed by atoms with Crippen molar-refractivity contribution in [3.8, 4) is 0 Å². The zero-order valence-corrected chi connectivity index (χ0v) is 6.23. The fraction of sp³-hybridized carbons (Fsp3) is 0.111. The molecule has 0 aromatic heterocycles. The van der Waals surface area contributed by atoms with Crippen molar-refractivity contribution in [3.05, 3.63) is 48.4 Å². The summed E-state index contributed by atoms with van der Waals surface area (Å²) in [6.07, 6.45) is 2.86. The van der Waals surface area contributed by atoms with Gasteiger partial charge in [-0.15, -0.1) is 0 Å². The Morgan fingerprint density at radius 3 is 2.64 bits per heavy atom. The van der Waals surface area contributed by atoms with Crippen LogP contribution in [-0.4, -0.2) is 0 Å². The summed E-state index contributed by atoms with van der Waals surface area (Å²) in [4.78, 5) is 0. The lowest BCUT2D eigenvalue weighted by atomic mass is 10.2. The van der Waals surface area contributed by atoms with Crippen molar-refractivity contribution in [3.63, 3.8) is 0 Å². The fourth-order valence-electron chi connectivity index (χ4n) is 0.774. The lowest BCUT2D eigenvalue weighted by Crippen LogP contribution is -1.86. The maximum absolute atomic E-state index is 5.09. The Labute approximate surface area is 66.3 Å². The molecular weight excluding hydrogens is 138 g/mol. The highest BCUT2D eigenvalue weighted by atomic mass is 16.5. The first kappa shape index (κ1) is 7.66. The molecule has 0 saturated carbocycles. The Morgan fingerprint density at radius 2 is 2.00 bits per heavy atom. The largest absolute Gasteiger partial charge is 0.495 e. The van der Waals surface area contributed by atoms with Crippen LogP contribution in [0.4, 0.5) is 0 Å². The summed E-state index contributed by atoms with van der Waals surface area (Å²) in [7, 11) is 0. The molecule has 0 amide bonds. The van der Waals surface area contributed by atoms with Gasteiger partial charge in [0.2, 0.25) is 0 Å². The number of hydrogen-bond donors (Lipinski definition) is 1. The highest BCUT2D eigenvalue weighted by Gasteiger charge is 1.86. The van der Waals surface area contributed by atoms with Gasteiger partial charge in [0.1, 0.15) is 6.61 Å². The predicted molar refractivity (Wildman–Crippen MR) is 44.6 cm³/mol. The fourth-order valence-corrected chi connectivity index (χ4v) is 0.774.